The summed E-state index contributed by atoms with van der Waals surface area (Å²) in [4.78, 5) is 12.1. The summed E-state index contributed by atoms with van der Waals surface area (Å²) in [6.07, 6.45) is 0.799. The first-order chi connectivity index (χ1) is 6.81. The summed E-state index contributed by atoms with van der Waals surface area (Å²) in [5.74, 6) is 0. The van der Waals surface area contributed by atoms with Crippen LogP contribution in [-0.4, -0.2) is 13.5 Å². The molecule has 0 aliphatic rings. The van der Waals surface area contributed by atoms with Crippen LogP contribution in [0.2, 0.25) is 0 Å². The lowest BCUT2D eigenvalue weighted by Gasteiger charge is -2.10. The maximum absolute atomic E-state index is 10.6. The van der Waals surface area contributed by atoms with Crippen molar-refractivity contribution in [2.45, 2.75) is 0 Å². The standard InChI is InChI=1S/C12H10NO/c1-13(9-14)12-7-6-10-4-2-3-5-11(10)8-12/h2-3,5-9H,1H3. The first-order valence-electron chi connectivity index (χ1n) is 4.40. The van der Waals surface area contributed by atoms with Crippen molar-refractivity contribution >= 4 is 22.9 Å². The van der Waals surface area contributed by atoms with Gasteiger partial charge in [-0.1, -0.05) is 24.3 Å². The van der Waals surface area contributed by atoms with Gasteiger partial charge in [-0.25, -0.2) is 0 Å². The predicted octanol–water partition coefficient (Wildman–Crippen LogP) is 2.23. The molecule has 0 aliphatic carbocycles. The number of fused-ring (bicyclic) bond motifs is 1. The van der Waals surface area contributed by atoms with Gasteiger partial charge in [0.1, 0.15) is 0 Å². The molecule has 2 heteroatoms. The Hall–Kier alpha value is -1.83. The molecule has 0 heterocycles. The number of carbonyl (C=O) groups excluding carboxylic acids is 1. The lowest BCUT2D eigenvalue weighted by molar-refractivity contribution is -0.107. The van der Waals surface area contributed by atoms with Gasteiger partial charge < -0.3 is 4.90 Å². The normalized spacial score (nSPS) is 10.1. The first kappa shape index (κ1) is 8.75. The van der Waals surface area contributed by atoms with Crippen molar-refractivity contribution in [3.05, 3.63) is 42.5 Å². The summed E-state index contributed by atoms with van der Waals surface area (Å²) < 4.78 is 0. The van der Waals surface area contributed by atoms with Crippen LogP contribution in [0.15, 0.2) is 36.4 Å². The maximum Gasteiger partial charge on any atom is 0.213 e. The third kappa shape index (κ3) is 1.46. The minimum Gasteiger partial charge on any atom is -0.318 e. The quantitative estimate of drug-likeness (QED) is 0.655. The van der Waals surface area contributed by atoms with Crippen LogP contribution < -0.4 is 4.90 Å². The van der Waals surface area contributed by atoms with Crippen molar-refractivity contribution in [3.8, 4) is 0 Å². The van der Waals surface area contributed by atoms with E-state index in [4.69, 9.17) is 0 Å². The number of rotatable bonds is 2. The summed E-state index contributed by atoms with van der Waals surface area (Å²) in [6.45, 7) is 0. The average molecular weight is 184 g/mol. The SMILES string of the molecule is CN(C=O)c1ccc2[c]cccc2c1. The Labute approximate surface area is 82.8 Å². The summed E-state index contributed by atoms with van der Waals surface area (Å²) >= 11 is 0. The third-order valence-corrected chi connectivity index (χ3v) is 2.21. The van der Waals surface area contributed by atoms with Gasteiger partial charge in [-0.15, -0.1) is 0 Å². The third-order valence-electron chi connectivity index (χ3n) is 2.21. The van der Waals surface area contributed by atoms with Gasteiger partial charge in [0.2, 0.25) is 6.41 Å². The number of hydrogen-bond donors (Lipinski definition) is 0. The van der Waals surface area contributed by atoms with Crippen LogP contribution in [0.5, 0.6) is 0 Å². The molecule has 1 radical (unpaired) electrons. The van der Waals surface area contributed by atoms with Gasteiger partial charge in [0.15, 0.2) is 0 Å². The lowest BCUT2D eigenvalue weighted by atomic mass is 10.1. The minimum absolute atomic E-state index is 0.799. The van der Waals surface area contributed by atoms with Crippen molar-refractivity contribution in [1.82, 2.24) is 0 Å². The molecule has 0 saturated carbocycles. The van der Waals surface area contributed by atoms with E-state index in [1.54, 1.807) is 11.9 Å². The second-order valence-electron chi connectivity index (χ2n) is 3.16. The molecule has 0 spiro atoms. The van der Waals surface area contributed by atoms with Crippen LogP contribution in [0.25, 0.3) is 10.8 Å². The molecule has 0 saturated heterocycles. The average Bonchev–Trinajstić information content (AvgIpc) is 2.27. The van der Waals surface area contributed by atoms with Gasteiger partial charge in [-0.05, 0) is 29.0 Å². The van der Waals surface area contributed by atoms with Crippen LogP contribution in [0.4, 0.5) is 5.69 Å². The Balaban J connectivity index is 2.56. The Morgan fingerprint density at radius 1 is 1.36 bits per heavy atom. The molecule has 0 bridgehead atoms. The highest BCUT2D eigenvalue weighted by Crippen LogP contribution is 2.19. The molecular weight excluding hydrogens is 174 g/mol. The monoisotopic (exact) mass is 184 g/mol. The number of benzene rings is 2. The van der Waals surface area contributed by atoms with Gasteiger partial charge in [-0.3, -0.25) is 4.79 Å². The van der Waals surface area contributed by atoms with Gasteiger partial charge in [0, 0.05) is 12.7 Å². The highest BCUT2D eigenvalue weighted by molar-refractivity contribution is 5.88. The smallest absolute Gasteiger partial charge is 0.213 e. The zero-order valence-electron chi connectivity index (χ0n) is 7.90. The van der Waals surface area contributed by atoms with E-state index in [9.17, 15) is 4.79 Å². The van der Waals surface area contributed by atoms with Crippen molar-refractivity contribution in [3.63, 3.8) is 0 Å². The van der Waals surface area contributed by atoms with Crippen LogP contribution in [0.1, 0.15) is 0 Å². The van der Waals surface area contributed by atoms with Crippen molar-refractivity contribution in [1.29, 1.82) is 0 Å². The zero-order chi connectivity index (χ0) is 9.97. The molecule has 69 valence electrons. The van der Waals surface area contributed by atoms with E-state index < -0.39 is 0 Å². The fraction of sp³-hybridized carbons (Fsp3) is 0.0833. The Morgan fingerprint density at radius 2 is 2.21 bits per heavy atom. The molecule has 2 aromatic rings. The van der Waals surface area contributed by atoms with Gasteiger partial charge in [0.25, 0.3) is 0 Å². The molecule has 0 aliphatic heterocycles. The highest BCUT2D eigenvalue weighted by atomic mass is 16.1. The molecule has 0 atom stereocenters. The number of nitrogens with zero attached hydrogens (tertiary/aromatic N) is 1. The van der Waals surface area contributed by atoms with E-state index in [1.807, 2.05) is 36.4 Å². The number of amides is 1. The van der Waals surface area contributed by atoms with E-state index in [1.165, 1.54) is 0 Å². The predicted molar refractivity (Wildman–Crippen MR) is 57.3 cm³/mol. The second-order valence-corrected chi connectivity index (χ2v) is 3.16. The Kier molecular flexibility index (Phi) is 2.19. The van der Waals surface area contributed by atoms with Gasteiger partial charge in [0.05, 0.1) is 0 Å². The molecule has 14 heavy (non-hydrogen) atoms. The molecule has 0 fully saturated rings. The Morgan fingerprint density at radius 3 is 3.00 bits per heavy atom. The Bertz CT molecular complexity index is 465. The van der Waals surface area contributed by atoms with E-state index in [0.29, 0.717) is 0 Å². The van der Waals surface area contributed by atoms with Crippen molar-refractivity contribution < 1.29 is 4.79 Å². The summed E-state index contributed by atoms with van der Waals surface area (Å²) in [7, 11) is 1.74. The van der Waals surface area contributed by atoms with Crippen LogP contribution >= 0.6 is 0 Å². The van der Waals surface area contributed by atoms with E-state index in [2.05, 4.69) is 6.07 Å². The number of anilines is 1. The van der Waals surface area contributed by atoms with Gasteiger partial charge in [-0.2, -0.15) is 0 Å². The number of carbonyl (C=O) groups is 1. The minimum atomic E-state index is 0.799. The second kappa shape index (κ2) is 3.50. The summed E-state index contributed by atoms with van der Waals surface area (Å²) in [6, 6.07) is 14.8. The fourth-order valence-corrected chi connectivity index (χ4v) is 1.39. The van der Waals surface area contributed by atoms with Crippen LogP contribution in [0.3, 0.4) is 0 Å². The van der Waals surface area contributed by atoms with E-state index in [0.717, 1.165) is 22.9 Å². The largest absolute Gasteiger partial charge is 0.318 e. The highest BCUT2D eigenvalue weighted by Gasteiger charge is 1.99. The van der Waals surface area contributed by atoms with Crippen molar-refractivity contribution in [2.24, 2.45) is 0 Å². The summed E-state index contributed by atoms with van der Waals surface area (Å²) in [5, 5.41) is 2.16. The molecule has 0 unspecified atom stereocenters. The number of hydrogen-bond acceptors (Lipinski definition) is 1. The van der Waals surface area contributed by atoms with E-state index >= 15 is 0 Å². The molecular formula is C12H10NO. The molecule has 2 aromatic carbocycles. The maximum atomic E-state index is 10.6. The lowest BCUT2D eigenvalue weighted by Crippen LogP contribution is -2.13. The van der Waals surface area contributed by atoms with Crippen LogP contribution in [-0.2, 0) is 4.79 Å². The molecule has 2 rings (SSSR count). The zero-order valence-corrected chi connectivity index (χ0v) is 7.90. The summed E-state index contributed by atoms with van der Waals surface area (Å²) in [5.41, 5.74) is 0.895. The van der Waals surface area contributed by atoms with E-state index in [-0.39, 0.29) is 0 Å². The van der Waals surface area contributed by atoms with Crippen LogP contribution in [0, 0.1) is 6.07 Å². The molecule has 0 aromatic heterocycles. The fourth-order valence-electron chi connectivity index (χ4n) is 1.39. The molecule has 1 amide bonds. The topological polar surface area (TPSA) is 20.3 Å². The van der Waals surface area contributed by atoms with Crippen molar-refractivity contribution in [2.75, 3.05) is 11.9 Å². The molecule has 0 N–H and O–H groups in total. The molecule has 2 nitrogen and oxygen atoms in total. The van der Waals surface area contributed by atoms with Gasteiger partial charge >= 0.3 is 0 Å². The first-order valence-corrected chi connectivity index (χ1v) is 4.40.